The van der Waals surface area contributed by atoms with Gasteiger partial charge in [-0.2, -0.15) is 0 Å². The molecule has 0 atom stereocenters. The van der Waals surface area contributed by atoms with E-state index in [4.69, 9.17) is 4.74 Å². The highest BCUT2D eigenvalue weighted by atomic mass is 19.1. The lowest BCUT2D eigenvalue weighted by Crippen LogP contribution is -2.39. The van der Waals surface area contributed by atoms with E-state index < -0.39 is 17.6 Å². The number of benzene rings is 2. The molecule has 0 aliphatic rings. The van der Waals surface area contributed by atoms with Gasteiger partial charge in [-0.1, -0.05) is 36.4 Å². The summed E-state index contributed by atoms with van der Waals surface area (Å²) in [5.74, 6) is -0.987. The second-order valence-electron chi connectivity index (χ2n) is 7.93. The summed E-state index contributed by atoms with van der Waals surface area (Å²) in [5, 5.41) is 7.87. The molecule has 0 saturated carbocycles. The van der Waals surface area contributed by atoms with E-state index in [0.717, 1.165) is 0 Å². The van der Waals surface area contributed by atoms with Gasteiger partial charge in [0.25, 0.3) is 0 Å². The Morgan fingerprint density at radius 2 is 1.55 bits per heavy atom. The highest BCUT2D eigenvalue weighted by Gasteiger charge is 2.16. The van der Waals surface area contributed by atoms with E-state index in [9.17, 15) is 18.8 Å². The van der Waals surface area contributed by atoms with E-state index >= 15 is 0 Å². The molecule has 0 aliphatic carbocycles. The van der Waals surface area contributed by atoms with E-state index in [1.807, 2.05) is 0 Å². The number of halogens is 1. The Bertz CT molecular complexity index is 925. The number of para-hydroxylation sites is 1. The summed E-state index contributed by atoms with van der Waals surface area (Å²) in [6.45, 7) is 5.13. The van der Waals surface area contributed by atoms with Crippen LogP contribution in [0.3, 0.4) is 0 Å². The number of hydrogen-bond donors (Lipinski definition) is 3. The predicted octanol–water partition coefficient (Wildman–Crippen LogP) is 3.54. The molecule has 2 aromatic rings. The lowest BCUT2D eigenvalue weighted by Gasteiger charge is -2.19. The minimum Gasteiger partial charge on any atom is -0.444 e. The van der Waals surface area contributed by atoms with Crippen LogP contribution in [0.4, 0.5) is 14.9 Å². The number of hydrogen-bond acceptors (Lipinski definition) is 4. The van der Waals surface area contributed by atoms with Crippen molar-refractivity contribution < 1.29 is 23.5 Å². The molecule has 0 heterocycles. The molecule has 8 heteroatoms. The number of carbonyl (C=O) groups excluding carboxylic acids is 3. The van der Waals surface area contributed by atoms with E-state index in [0.29, 0.717) is 16.8 Å². The molecular formula is C23H28FN3O4. The molecule has 0 fully saturated rings. The fraction of sp³-hybridized carbons (Fsp3) is 0.348. The zero-order valence-electron chi connectivity index (χ0n) is 18.0. The van der Waals surface area contributed by atoms with Gasteiger partial charge in [-0.25, -0.2) is 9.18 Å². The maximum Gasteiger partial charge on any atom is 0.408 e. The van der Waals surface area contributed by atoms with Crippen LogP contribution in [0.5, 0.6) is 0 Å². The summed E-state index contributed by atoms with van der Waals surface area (Å²) >= 11 is 0. The third-order valence-corrected chi connectivity index (χ3v) is 4.14. The summed E-state index contributed by atoms with van der Waals surface area (Å²) in [6.07, 6.45) is -0.264. The fourth-order valence-corrected chi connectivity index (χ4v) is 2.68. The normalized spacial score (nSPS) is 10.8. The van der Waals surface area contributed by atoms with Gasteiger partial charge in [-0.3, -0.25) is 9.59 Å². The molecule has 0 unspecified atom stereocenters. The first-order valence-electron chi connectivity index (χ1n) is 9.99. The molecule has 2 rings (SSSR count). The number of alkyl carbamates (subject to hydrolysis) is 1. The predicted molar refractivity (Wildman–Crippen MR) is 116 cm³/mol. The number of nitrogens with one attached hydrogen (secondary N) is 3. The monoisotopic (exact) mass is 429 g/mol. The second kappa shape index (κ2) is 11.1. The molecule has 0 bridgehead atoms. The van der Waals surface area contributed by atoms with Gasteiger partial charge in [0.05, 0.1) is 0 Å². The quantitative estimate of drug-likeness (QED) is 0.598. The van der Waals surface area contributed by atoms with Crippen LogP contribution in [0.1, 0.15) is 38.3 Å². The van der Waals surface area contributed by atoms with Gasteiger partial charge >= 0.3 is 6.09 Å². The topological polar surface area (TPSA) is 96.5 Å². The number of rotatable bonds is 8. The number of amides is 3. The summed E-state index contributed by atoms with van der Waals surface area (Å²) in [4.78, 5) is 35.9. The first-order valence-corrected chi connectivity index (χ1v) is 9.99. The molecule has 0 saturated heterocycles. The lowest BCUT2D eigenvalue weighted by atomic mass is 10.1. The molecule has 0 radical (unpaired) electrons. The first-order chi connectivity index (χ1) is 14.6. The summed E-state index contributed by atoms with van der Waals surface area (Å²) in [5.41, 5.74) is 1.09. The molecule has 3 amide bonds. The van der Waals surface area contributed by atoms with Crippen molar-refractivity contribution in [1.82, 2.24) is 10.6 Å². The van der Waals surface area contributed by atoms with Crippen LogP contribution in [0, 0.1) is 5.82 Å². The van der Waals surface area contributed by atoms with E-state index in [1.165, 1.54) is 6.07 Å². The van der Waals surface area contributed by atoms with Crippen LogP contribution in [-0.4, -0.2) is 30.1 Å². The molecule has 7 nitrogen and oxygen atoms in total. The van der Waals surface area contributed by atoms with Gasteiger partial charge in [0, 0.05) is 18.7 Å². The van der Waals surface area contributed by atoms with E-state index in [1.54, 1.807) is 63.2 Å². The van der Waals surface area contributed by atoms with Gasteiger partial charge in [-0.05, 0) is 50.5 Å². The highest BCUT2D eigenvalue weighted by molar-refractivity contribution is 5.91. The highest BCUT2D eigenvalue weighted by Crippen LogP contribution is 2.16. The van der Waals surface area contributed by atoms with Crippen molar-refractivity contribution in [2.75, 3.05) is 11.9 Å². The standard InChI is InChI=1S/C23H28FN3O4/c1-23(2,3)31-22(30)26-15-21(29)25-14-17-9-5-7-11-19(17)27-20(28)13-12-16-8-4-6-10-18(16)24/h4-11H,12-15H2,1-3H3,(H,25,29)(H,26,30)(H,27,28). The molecule has 0 aromatic heterocycles. The zero-order chi connectivity index (χ0) is 22.9. The van der Waals surface area contributed by atoms with Crippen molar-refractivity contribution in [1.29, 1.82) is 0 Å². The van der Waals surface area contributed by atoms with Crippen molar-refractivity contribution in [3.63, 3.8) is 0 Å². The van der Waals surface area contributed by atoms with E-state index in [2.05, 4.69) is 16.0 Å². The van der Waals surface area contributed by atoms with Gasteiger partial charge in [0.1, 0.15) is 18.0 Å². The van der Waals surface area contributed by atoms with Crippen molar-refractivity contribution in [2.45, 2.75) is 45.8 Å². The van der Waals surface area contributed by atoms with Crippen molar-refractivity contribution in [3.05, 3.63) is 65.5 Å². The Balaban J connectivity index is 1.83. The van der Waals surface area contributed by atoms with Crippen LogP contribution in [-0.2, 0) is 27.3 Å². The SMILES string of the molecule is CC(C)(C)OC(=O)NCC(=O)NCc1ccccc1NC(=O)CCc1ccccc1F. The number of anilines is 1. The Kier molecular flexibility index (Phi) is 8.54. The van der Waals surface area contributed by atoms with Gasteiger partial charge in [0.2, 0.25) is 11.8 Å². The van der Waals surface area contributed by atoms with Crippen LogP contribution in [0.2, 0.25) is 0 Å². The van der Waals surface area contributed by atoms with Crippen LogP contribution < -0.4 is 16.0 Å². The molecule has 166 valence electrons. The minimum atomic E-state index is -0.676. The molecule has 0 spiro atoms. The number of ether oxygens (including phenoxy) is 1. The molecule has 3 N–H and O–H groups in total. The number of carbonyl (C=O) groups is 3. The smallest absolute Gasteiger partial charge is 0.408 e. The van der Waals surface area contributed by atoms with Crippen LogP contribution in [0.25, 0.3) is 0 Å². The van der Waals surface area contributed by atoms with Gasteiger partial charge in [0.15, 0.2) is 0 Å². The third kappa shape index (κ3) is 8.86. The van der Waals surface area contributed by atoms with Crippen LogP contribution >= 0.6 is 0 Å². The second-order valence-corrected chi connectivity index (χ2v) is 7.93. The Morgan fingerprint density at radius 1 is 0.903 bits per heavy atom. The number of aryl methyl sites for hydroxylation is 1. The summed E-state index contributed by atoms with van der Waals surface area (Å²) in [7, 11) is 0. The van der Waals surface area contributed by atoms with Gasteiger partial charge < -0.3 is 20.7 Å². The lowest BCUT2D eigenvalue weighted by molar-refractivity contribution is -0.120. The van der Waals surface area contributed by atoms with Crippen molar-refractivity contribution >= 4 is 23.6 Å². The maximum atomic E-state index is 13.7. The fourth-order valence-electron chi connectivity index (χ4n) is 2.68. The van der Waals surface area contributed by atoms with Crippen molar-refractivity contribution in [2.24, 2.45) is 0 Å². The average Bonchev–Trinajstić information content (AvgIpc) is 2.70. The Morgan fingerprint density at radius 3 is 2.23 bits per heavy atom. The van der Waals surface area contributed by atoms with Gasteiger partial charge in [-0.15, -0.1) is 0 Å². The summed E-state index contributed by atoms with van der Waals surface area (Å²) < 4.78 is 18.8. The Hall–Kier alpha value is -3.42. The zero-order valence-corrected chi connectivity index (χ0v) is 18.0. The largest absolute Gasteiger partial charge is 0.444 e. The molecule has 0 aliphatic heterocycles. The third-order valence-electron chi connectivity index (χ3n) is 4.14. The molecular weight excluding hydrogens is 401 g/mol. The first kappa shape index (κ1) is 23.9. The average molecular weight is 429 g/mol. The minimum absolute atomic E-state index is 0.126. The maximum absolute atomic E-state index is 13.7. The van der Waals surface area contributed by atoms with E-state index in [-0.39, 0.29) is 37.7 Å². The molecule has 2 aromatic carbocycles. The Labute approximate surface area is 181 Å². The summed E-state index contributed by atoms with van der Waals surface area (Å²) in [6, 6.07) is 13.4. The molecule has 31 heavy (non-hydrogen) atoms. The van der Waals surface area contributed by atoms with Crippen molar-refractivity contribution in [3.8, 4) is 0 Å². The van der Waals surface area contributed by atoms with Crippen LogP contribution in [0.15, 0.2) is 48.5 Å².